The second kappa shape index (κ2) is 20.1. The van der Waals surface area contributed by atoms with E-state index in [1.165, 1.54) is 0 Å². The van der Waals surface area contributed by atoms with Crippen molar-refractivity contribution in [2.24, 2.45) is 16.6 Å². The minimum Gasteiger partial charge on any atom is -0.461 e. The Balaban J connectivity index is 1.84. The summed E-state index contributed by atoms with van der Waals surface area (Å²) in [5.41, 5.74) is 8.83. The fraction of sp³-hybridized carbons (Fsp3) is 0.455. The Bertz CT molecular complexity index is 1490. The predicted octanol–water partition coefficient (Wildman–Crippen LogP) is -0.563. The van der Waals surface area contributed by atoms with Crippen LogP contribution in [0.3, 0.4) is 0 Å². The quantitative estimate of drug-likeness (QED) is 0.0370. The lowest BCUT2D eigenvalue weighted by molar-refractivity contribution is -0.525. The number of hydrogen-bond donors (Lipinski definition) is 7. The highest BCUT2D eigenvalue weighted by Crippen LogP contribution is 2.10. The summed E-state index contributed by atoms with van der Waals surface area (Å²) >= 11 is 0. The Kier molecular flexibility index (Phi) is 15.6. The summed E-state index contributed by atoms with van der Waals surface area (Å²) in [6, 6.07) is 14.5. The van der Waals surface area contributed by atoms with Gasteiger partial charge in [-0.05, 0) is 36.3 Å². The number of aliphatic imine (C=N–C) groups is 1. The first-order valence-electron chi connectivity index (χ1n) is 16.3. The van der Waals surface area contributed by atoms with Crippen LogP contribution in [0.15, 0.2) is 65.7 Å². The van der Waals surface area contributed by atoms with Gasteiger partial charge >= 0.3 is 5.97 Å². The number of ether oxygens (including phenoxy) is 1. The highest BCUT2D eigenvalue weighted by atomic mass is 16.7. The molecule has 8 N–H and O–H groups in total. The van der Waals surface area contributed by atoms with Gasteiger partial charge in [-0.25, -0.2) is 15.1 Å². The molecule has 0 bridgehead atoms. The van der Waals surface area contributed by atoms with Gasteiger partial charge in [0, 0.05) is 19.1 Å². The number of benzene rings is 2. The third-order valence-electron chi connectivity index (χ3n) is 7.66. The second-order valence-corrected chi connectivity index (χ2v) is 12.1. The maximum absolute atomic E-state index is 13.7. The number of carbonyl (C=O) groups is 5. The van der Waals surface area contributed by atoms with E-state index in [0.29, 0.717) is 6.42 Å². The lowest BCUT2D eigenvalue weighted by atomic mass is 10.00. The maximum Gasteiger partial charge on any atom is 0.308 e. The molecule has 1 saturated heterocycles. The summed E-state index contributed by atoms with van der Waals surface area (Å²) in [6.07, 6.45) is 0.153. The van der Waals surface area contributed by atoms with Crippen LogP contribution in [0.5, 0.6) is 0 Å². The van der Waals surface area contributed by atoms with Crippen molar-refractivity contribution >= 4 is 35.6 Å². The molecule has 3 rings (SSSR count). The van der Waals surface area contributed by atoms with Gasteiger partial charge in [-0.1, -0.05) is 79.9 Å². The SMILES string of the molecule is CC(C)[C@@H]1NC[C@@H](Cc2ccccc2)NC(=O)[C@H](CC(=O)OCc2ccccc2)NC(=O)CNC(=O)[C@H](CCCN=C(N)N[N+](=O)[O-])NC1=O. The molecule has 0 spiro atoms. The largest absolute Gasteiger partial charge is 0.461 e. The highest BCUT2D eigenvalue weighted by molar-refractivity contribution is 5.94. The van der Waals surface area contributed by atoms with Crippen LogP contribution < -0.4 is 37.7 Å². The number of hydrazine groups is 1. The van der Waals surface area contributed by atoms with E-state index in [0.717, 1.165) is 11.1 Å². The van der Waals surface area contributed by atoms with Crippen LogP contribution in [-0.2, 0) is 41.7 Å². The summed E-state index contributed by atoms with van der Waals surface area (Å²) in [5.74, 6) is -3.95. The molecule has 4 amide bonds. The van der Waals surface area contributed by atoms with E-state index in [4.69, 9.17) is 10.5 Å². The molecule has 0 unspecified atom stereocenters. The number of nitro groups is 1. The zero-order valence-corrected chi connectivity index (χ0v) is 28.1. The first-order chi connectivity index (χ1) is 23.9. The van der Waals surface area contributed by atoms with E-state index in [1.54, 1.807) is 29.7 Å². The Morgan fingerprint density at radius 2 is 1.62 bits per heavy atom. The third-order valence-corrected chi connectivity index (χ3v) is 7.66. The highest BCUT2D eigenvalue weighted by Gasteiger charge is 2.31. The molecule has 1 heterocycles. The van der Waals surface area contributed by atoms with E-state index >= 15 is 0 Å². The molecule has 17 nitrogen and oxygen atoms in total. The Morgan fingerprint density at radius 1 is 0.960 bits per heavy atom. The van der Waals surface area contributed by atoms with Crippen molar-refractivity contribution in [1.82, 2.24) is 32.0 Å². The summed E-state index contributed by atoms with van der Waals surface area (Å²) in [5, 5.41) is 23.6. The van der Waals surface area contributed by atoms with Crippen LogP contribution >= 0.6 is 0 Å². The van der Waals surface area contributed by atoms with Crippen molar-refractivity contribution in [3.63, 3.8) is 0 Å². The fourth-order valence-electron chi connectivity index (χ4n) is 5.14. The minimum absolute atomic E-state index is 0.00959. The maximum atomic E-state index is 13.7. The van der Waals surface area contributed by atoms with Gasteiger partial charge in [-0.3, -0.25) is 24.0 Å². The van der Waals surface area contributed by atoms with Gasteiger partial charge in [0.25, 0.3) is 5.96 Å². The van der Waals surface area contributed by atoms with Crippen LogP contribution in [0.1, 0.15) is 44.2 Å². The monoisotopic (exact) mass is 695 g/mol. The van der Waals surface area contributed by atoms with Crippen LogP contribution in [0.4, 0.5) is 0 Å². The standard InChI is InChI=1S/C33H45N9O8/c1-21(2)29-32(47)40-25(14-9-15-35-33(34)41-42(48)49)30(45)37-19-27(43)39-26(17-28(44)50-20-23-12-7-4-8-13-23)31(46)38-24(18-36-29)16-22-10-5-3-6-11-22/h3-8,10-13,21,24-26,29,36H,9,14-20H2,1-2H3,(H,37,45)(H,38,46)(H,39,43)(H,40,47)(H3,34,35,41)/t24-,25+,26+,29+/m1/s1. The zero-order valence-electron chi connectivity index (χ0n) is 28.1. The van der Waals surface area contributed by atoms with E-state index < -0.39 is 77.7 Å². The van der Waals surface area contributed by atoms with E-state index in [-0.39, 0.29) is 38.5 Å². The molecule has 2 aromatic rings. The number of carbonyl (C=O) groups excluding carboxylic acids is 5. The third kappa shape index (κ3) is 13.9. The van der Waals surface area contributed by atoms with Gasteiger partial charge in [-0.2, -0.15) is 0 Å². The lowest BCUT2D eigenvalue weighted by Crippen LogP contribution is -2.57. The Labute approximate surface area is 289 Å². The summed E-state index contributed by atoms with van der Waals surface area (Å²) in [4.78, 5) is 80.8. The van der Waals surface area contributed by atoms with Gasteiger partial charge in [0.2, 0.25) is 23.6 Å². The molecule has 0 saturated carbocycles. The summed E-state index contributed by atoms with van der Waals surface area (Å²) in [7, 11) is 0. The number of nitrogens with one attached hydrogen (secondary N) is 6. The average molecular weight is 696 g/mol. The van der Waals surface area contributed by atoms with Crippen molar-refractivity contribution in [3.8, 4) is 0 Å². The van der Waals surface area contributed by atoms with Gasteiger partial charge in [0.1, 0.15) is 18.7 Å². The number of hydrogen-bond acceptors (Lipinski definition) is 10. The number of esters is 1. The summed E-state index contributed by atoms with van der Waals surface area (Å²) in [6.45, 7) is 3.20. The first kappa shape index (κ1) is 38.9. The van der Waals surface area contributed by atoms with Gasteiger partial charge in [-0.15, -0.1) is 0 Å². The molecular formula is C33H45N9O8. The van der Waals surface area contributed by atoms with E-state index in [1.807, 2.05) is 50.2 Å². The van der Waals surface area contributed by atoms with Gasteiger partial charge in [0.05, 0.1) is 19.0 Å². The molecule has 0 radical (unpaired) electrons. The second-order valence-electron chi connectivity index (χ2n) is 12.1. The topological polar surface area (TPSA) is 248 Å². The van der Waals surface area contributed by atoms with Crippen molar-refractivity contribution < 1.29 is 33.7 Å². The molecule has 50 heavy (non-hydrogen) atoms. The number of nitrogens with zero attached hydrogens (tertiary/aromatic N) is 2. The molecule has 270 valence electrons. The number of guanidine groups is 1. The smallest absolute Gasteiger partial charge is 0.308 e. The van der Waals surface area contributed by atoms with E-state index in [9.17, 15) is 34.1 Å². The molecule has 17 heteroatoms. The summed E-state index contributed by atoms with van der Waals surface area (Å²) < 4.78 is 5.37. The number of rotatable bonds is 12. The van der Waals surface area contributed by atoms with Crippen LogP contribution in [0.2, 0.25) is 0 Å². The zero-order chi connectivity index (χ0) is 36.5. The van der Waals surface area contributed by atoms with Crippen molar-refractivity contribution in [2.45, 2.75) is 70.3 Å². The molecule has 1 aliphatic heterocycles. The first-order valence-corrected chi connectivity index (χ1v) is 16.3. The van der Waals surface area contributed by atoms with Crippen molar-refractivity contribution in [3.05, 3.63) is 81.9 Å². The molecule has 0 aromatic heterocycles. The lowest BCUT2D eigenvalue weighted by Gasteiger charge is -2.28. The van der Waals surface area contributed by atoms with Gasteiger partial charge < -0.3 is 37.1 Å². The molecular weight excluding hydrogens is 650 g/mol. The Morgan fingerprint density at radius 3 is 2.26 bits per heavy atom. The fourth-order valence-corrected chi connectivity index (χ4v) is 5.14. The predicted molar refractivity (Wildman–Crippen MR) is 182 cm³/mol. The van der Waals surface area contributed by atoms with Crippen molar-refractivity contribution in [2.75, 3.05) is 19.6 Å². The molecule has 1 fully saturated rings. The Hall–Kier alpha value is -5.58. The minimum atomic E-state index is -1.33. The van der Waals surface area contributed by atoms with Crippen LogP contribution in [-0.4, -0.2) is 84.4 Å². The molecule has 1 aliphatic rings. The number of amides is 4. The van der Waals surface area contributed by atoms with Crippen LogP contribution in [0.25, 0.3) is 0 Å². The normalized spacial score (nSPS) is 21.1. The van der Waals surface area contributed by atoms with Crippen LogP contribution in [0, 0.1) is 16.0 Å². The van der Waals surface area contributed by atoms with Crippen molar-refractivity contribution in [1.29, 1.82) is 0 Å². The van der Waals surface area contributed by atoms with E-state index in [2.05, 4.69) is 31.6 Å². The average Bonchev–Trinajstić information content (AvgIpc) is 3.07. The van der Waals surface area contributed by atoms with Gasteiger partial charge in [0.15, 0.2) is 5.03 Å². The number of nitrogens with two attached hydrogens (primary N) is 1. The molecule has 4 atom stereocenters. The molecule has 0 aliphatic carbocycles. The molecule has 2 aromatic carbocycles.